The normalized spacial score (nSPS) is 15.1. The smallest absolute Gasteiger partial charge is 0.220 e. The van der Waals surface area contributed by atoms with Gasteiger partial charge in [0.25, 0.3) is 0 Å². The first kappa shape index (κ1) is 22.0. The zero-order valence-corrected chi connectivity index (χ0v) is 17.3. The van der Waals surface area contributed by atoms with Crippen molar-refractivity contribution >= 4 is 5.91 Å². The molecule has 1 heterocycles. The van der Waals surface area contributed by atoms with Crippen molar-refractivity contribution in [2.24, 2.45) is 0 Å². The van der Waals surface area contributed by atoms with Crippen LogP contribution in [0.4, 0.5) is 17.6 Å². The molecule has 0 unspecified atom stereocenters. The molecule has 1 saturated carbocycles. The second kappa shape index (κ2) is 9.14. The van der Waals surface area contributed by atoms with Crippen LogP contribution in [0.5, 0.6) is 0 Å². The molecule has 168 valence electrons. The summed E-state index contributed by atoms with van der Waals surface area (Å²) in [5, 5.41) is 2.80. The lowest BCUT2D eigenvalue weighted by Crippen LogP contribution is -2.40. The minimum Gasteiger partial charge on any atom is -0.441 e. The molecule has 1 N–H and O–H groups in total. The Morgan fingerprint density at radius 2 is 1.75 bits per heavy atom. The van der Waals surface area contributed by atoms with Crippen molar-refractivity contribution in [3.05, 3.63) is 77.3 Å². The van der Waals surface area contributed by atoms with Crippen LogP contribution in [-0.4, -0.2) is 17.4 Å². The van der Waals surface area contributed by atoms with E-state index in [4.69, 9.17) is 4.42 Å². The Kier molecular flexibility index (Phi) is 6.30. The molecular formula is C24H22F4N2O2. The molecule has 0 aliphatic heterocycles. The number of halogens is 4. The average molecular weight is 446 g/mol. The SMILES string of the molecule is O=C(CCc1ncc(-c2ccc(F)cc2F)o1)NCC1(c2c(F)cccc2F)CCCC1. The molecule has 4 nitrogen and oxygen atoms in total. The summed E-state index contributed by atoms with van der Waals surface area (Å²) >= 11 is 0. The molecule has 0 saturated heterocycles. The lowest BCUT2D eigenvalue weighted by molar-refractivity contribution is -0.121. The number of oxazole rings is 1. The minimum absolute atomic E-state index is 0.0384. The van der Waals surface area contributed by atoms with Crippen LogP contribution in [0.15, 0.2) is 47.0 Å². The highest BCUT2D eigenvalue weighted by Gasteiger charge is 2.40. The maximum absolute atomic E-state index is 14.4. The Bertz CT molecular complexity index is 1100. The van der Waals surface area contributed by atoms with Gasteiger partial charge in [0.05, 0.1) is 11.8 Å². The van der Waals surface area contributed by atoms with Gasteiger partial charge in [-0.1, -0.05) is 18.9 Å². The first-order chi connectivity index (χ1) is 15.4. The fourth-order valence-corrected chi connectivity index (χ4v) is 4.39. The number of hydrogen-bond donors (Lipinski definition) is 1. The van der Waals surface area contributed by atoms with Gasteiger partial charge in [0.15, 0.2) is 11.7 Å². The lowest BCUT2D eigenvalue weighted by Gasteiger charge is -2.30. The summed E-state index contributed by atoms with van der Waals surface area (Å²) in [5.74, 6) is -2.60. The van der Waals surface area contributed by atoms with Crippen molar-refractivity contribution in [2.45, 2.75) is 43.9 Å². The third-order valence-corrected chi connectivity index (χ3v) is 5.99. The van der Waals surface area contributed by atoms with E-state index in [2.05, 4.69) is 10.3 Å². The number of aromatic nitrogens is 1. The Morgan fingerprint density at radius 3 is 2.44 bits per heavy atom. The largest absolute Gasteiger partial charge is 0.441 e. The number of benzene rings is 2. The van der Waals surface area contributed by atoms with Crippen LogP contribution in [0.1, 0.15) is 43.6 Å². The summed E-state index contributed by atoms with van der Waals surface area (Å²) in [5.41, 5.74) is -0.650. The second-order valence-corrected chi connectivity index (χ2v) is 8.10. The molecule has 0 radical (unpaired) electrons. The topological polar surface area (TPSA) is 55.1 Å². The number of aryl methyl sites for hydroxylation is 1. The van der Waals surface area contributed by atoms with Gasteiger partial charge in [0, 0.05) is 36.4 Å². The standard InChI is InChI=1S/C24H22F4N2O2/c25-15-6-7-16(19(28)12-15)20-13-29-22(32-20)9-8-21(31)30-14-24(10-1-2-11-24)23-17(26)4-3-5-18(23)27/h3-7,12-13H,1-2,8-11,14H2,(H,30,31). The van der Waals surface area contributed by atoms with E-state index < -0.39 is 28.7 Å². The molecular weight excluding hydrogens is 424 g/mol. The van der Waals surface area contributed by atoms with Gasteiger partial charge >= 0.3 is 0 Å². The first-order valence-corrected chi connectivity index (χ1v) is 10.5. The number of carbonyl (C=O) groups is 1. The van der Waals surface area contributed by atoms with Gasteiger partial charge in [-0.3, -0.25) is 4.79 Å². The third-order valence-electron chi connectivity index (χ3n) is 5.99. The van der Waals surface area contributed by atoms with Gasteiger partial charge in [-0.2, -0.15) is 0 Å². The maximum Gasteiger partial charge on any atom is 0.220 e. The van der Waals surface area contributed by atoms with Crippen LogP contribution in [-0.2, 0) is 16.6 Å². The van der Waals surface area contributed by atoms with Crippen LogP contribution in [0.25, 0.3) is 11.3 Å². The minimum atomic E-state index is -0.771. The maximum atomic E-state index is 14.4. The molecule has 1 aromatic heterocycles. The van der Waals surface area contributed by atoms with Crippen LogP contribution in [0, 0.1) is 23.3 Å². The fourth-order valence-electron chi connectivity index (χ4n) is 4.39. The lowest BCUT2D eigenvalue weighted by atomic mass is 9.78. The van der Waals surface area contributed by atoms with Crippen LogP contribution in [0.3, 0.4) is 0 Å². The van der Waals surface area contributed by atoms with E-state index in [1.54, 1.807) is 0 Å². The summed E-state index contributed by atoms with van der Waals surface area (Å²) in [6.45, 7) is 0.140. The molecule has 8 heteroatoms. The Hall–Kier alpha value is -3.16. The number of carbonyl (C=O) groups excluding carboxylic acids is 1. The van der Waals surface area contributed by atoms with Crippen LogP contribution in [0.2, 0.25) is 0 Å². The zero-order valence-electron chi connectivity index (χ0n) is 17.3. The average Bonchev–Trinajstić information content (AvgIpc) is 3.41. The summed E-state index contributed by atoms with van der Waals surface area (Å²) in [6.07, 6.45) is 4.38. The second-order valence-electron chi connectivity index (χ2n) is 8.10. The summed E-state index contributed by atoms with van der Waals surface area (Å²) in [4.78, 5) is 16.5. The molecule has 0 spiro atoms. The van der Waals surface area contributed by atoms with E-state index in [0.717, 1.165) is 25.0 Å². The monoisotopic (exact) mass is 446 g/mol. The van der Waals surface area contributed by atoms with Gasteiger partial charge < -0.3 is 9.73 Å². The molecule has 4 rings (SSSR count). The molecule has 0 bridgehead atoms. The zero-order chi connectivity index (χ0) is 22.7. The number of nitrogens with one attached hydrogen (secondary N) is 1. The Balaban J connectivity index is 1.38. The Labute approximate surface area is 182 Å². The molecule has 3 aromatic rings. The number of hydrogen-bond acceptors (Lipinski definition) is 3. The highest BCUT2D eigenvalue weighted by Crippen LogP contribution is 2.42. The predicted octanol–water partition coefficient (Wildman–Crippen LogP) is 5.46. The van der Waals surface area contributed by atoms with Crippen molar-refractivity contribution in [2.75, 3.05) is 6.54 Å². The van der Waals surface area contributed by atoms with Gasteiger partial charge in [0.1, 0.15) is 23.3 Å². The molecule has 1 aliphatic carbocycles. The van der Waals surface area contributed by atoms with Gasteiger partial charge in [-0.05, 0) is 37.1 Å². The molecule has 1 amide bonds. The van der Waals surface area contributed by atoms with Crippen molar-refractivity contribution in [3.63, 3.8) is 0 Å². The Morgan fingerprint density at radius 1 is 1.03 bits per heavy atom. The third kappa shape index (κ3) is 4.54. The van der Waals surface area contributed by atoms with Gasteiger partial charge in [0.2, 0.25) is 5.91 Å². The highest BCUT2D eigenvalue weighted by molar-refractivity contribution is 5.76. The van der Waals surface area contributed by atoms with E-state index in [9.17, 15) is 22.4 Å². The number of amides is 1. The van der Waals surface area contributed by atoms with Crippen molar-refractivity contribution in [1.29, 1.82) is 0 Å². The molecule has 2 aromatic carbocycles. The summed E-state index contributed by atoms with van der Waals surface area (Å²) in [7, 11) is 0. The number of rotatable bonds is 7. The van der Waals surface area contributed by atoms with Crippen LogP contribution >= 0.6 is 0 Å². The first-order valence-electron chi connectivity index (χ1n) is 10.5. The fraction of sp³-hybridized carbons (Fsp3) is 0.333. The molecule has 1 fully saturated rings. The summed E-state index contributed by atoms with van der Waals surface area (Å²) < 4.78 is 61.3. The van der Waals surface area contributed by atoms with Crippen molar-refractivity contribution in [1.82, 2.24) is 10.3 Å². The van der Waals surface area contributed by atoms with Crippen molar-refractivity contribution < 1.29 is 26.8 Å². The number of nitrogens with zero attached hydrogens (tertiary/aromatic N) is 1. The van der Waals surface area contributed by atoms with E-state index in [0.29, 0.717) is 12.8 Å². The van der Waals surface area contributed by atoms with E-state index in [1.165, 1.54) is 30.5 Å². The van der Waals surface area contributed by atoms with Gasteiger partial charge in [-0.15, -0.1) is 0 Å². The van der Waals surface area contributed by atoms with Crippen LogP contribution < -0.4 is 5.32 Å². The highest BCUT2D eigenvalue weighted by atomic mass is 19.1. The predicted molar refractivity (Wildman–Crippen MR) is 110 cm³/mol. The van der Waals surface area contributed by atoms with E-state index in [1.807, 2.05) is 0 Å². The molecule has 0 atom stereocenters. The molecule has 32 heavy (non-hydrogen) atoms. The summed E-state index contributed by atoms with van der Waals surface area (Å²) in [6, 6.07) is 6.94. The molecule has 1 aliphatic rings. The van der Waals surface area contributed by atoms with Crippen molar-refractivity contribution in [3.8, 4) is 11.3 Å². The van der Waals surface area contributed by atoms with E-state index in [-0.39, 0.29) is 48.1 Å². The van der Waals surface area contributed by atoms with Gasteiger partial charge in [-0.25, -0.2) is 22.5 Å². The van der Waals surface area contributed by atoms with E-state index >= 15 is 0 Å². The quantitative estimate of drug-likeness (QED) is 0.491.